The van der Waals surface area contributed by atoms with Gasteiger partial charge in [-0.15, -0.1) is 0 Å². The molecule has 1 fully saturated rings. The number of hydrogen-bond donors (Lipinski definition) is 3. The van der Waals surface area contributed by atoms with Crippen molar-refractivity contribution in [2.45, 2.75) is 44.8 Å². The Balaban J connectivity index is 1.64. The van der Waals surface area contributed by atoms with E-state index in [1.54, 1.807) is 30.3 Å². The predicted molar refractivity (Wildman–Crippen MR) is 92.8 cm³/mol. The molecule has 0 bridgehead atoms. The Bertz CT molecular complexity index is 682. The summed E-state index contributed by atoms with van der Waals surface area (Å²) < 4.78 is 0. The first-order chi connectivity index (χ1) is 11.7. The molecule has 0 atom stereocenters. The van der Waals surface area contributed by atoms with Crippen molar-refractivity contribution in [1.29, 1.82) is 0 Å². The van der Waals surface area contributed by atoms with Crippen LogP contribution in [0, 0.1) is 0 Å². The lowest BCUT2D eigenvalue weighted by Crippen LogP contribution is -2.23. The number of aromatic nitrogens is 2. The molecule has 2 aromatic rings. The third-order valence-electron chi connectivity index (χ3n) is 4.25. The van der Waals surface area contributed by atoms with E-state index in [0.717, 1.165) is 18.4 Å². The van der Waals surface area contributed by atoms with Gasteiger partial charge in [0.1, 0.15) is 17.8 Å². The van der Waals surface area contributed by atoms with Crippen LogP contribution in [-0.2, 0) is 6.61 Å². The smallest absolute Gasteiger partial charge is 0.274 e. The summed E-state index contributed by atoms with van der Waals surface area (Å²) in [5.41, 5.74) is 1.79. The second-order valence-electron chi connectivity index (χ2n) is 6.08. The summed E-state index contributed by atoms with van der Waals surface area (Å²) in [4.78, 5) is 20.6. The molecule has 1 aromatic carbocycles. The highest BCUT2D eigenvalue weighted by atomic mass is 16.3. The van der Waals surface area contributed by atoms with E-state index >= 15 is 0 Å². The normalized spacial score (nSPS) is 15.0. The minimum absolute atomic E-state index is 0.0175. The standard InChI is InChI=1S/C18H22N4O2/c23-11-13-6-8-15(9-7-13)22-18(24)16-10-17(20-12-19-16)21-14-4-2-1-3-5-14/h6-10,12,14,23H,1-5,11H2,(H,22,24)(H,19,20,21). The van der Waals surface area contributed by atoms with Crippen molar-refractivity contribution in [1.82, 2.24) is 9.97 Å². The molecule has 6 heteroatoms. The SMILES string of the molecule is O=C(Nc1ccc(CO)cc1)c1cc(NC2CCCCC2)ncn1. The summed E-state index contributed by atoms with van der Waals surface area (Å²) in [5.74, 6) is 0.415. The molecule has 1 heterocycles. The topological polar surface area (TPSA) is 87.1 Å². The summed E-state index contributed by atoms with van der Waals surface area (Å²) in [6.45, 7) is -0.0175. The lowest BCUT2D eigenvalue weighted by atomic mass is 9.95. The minimum atomic E-state index is -0.277. The average molecular weight is 326 g/mol. The molecule has 1 saturated carbocycles. The number of aliphatic hydroxyl groups is 1. The second kappa shape index (κ2) is 7.88. The third kappa shape index (κ3) is 4.29. The van der Waals surface area contributed by atoms with E-state index in [1.807, 2.05) is 0 Å². The maximum atomic E-state index is 12.3. The molecular formula is C18H22N4O2. The lowest BCUT2D eigenvalue weighted by Gasteiger charge is -2.23. The molecule has 0 saturated heterocycles. The van der Waals surface area contributed by atoms with Crippen LogP contribution in [-0.4, -0.2) is 27.0 Å². The zero-order valence-corrected chi connectivity index (χ0v) is 13.5. The van der Waals surface area contributed by atoms with Crippen molar-refractivity contribution >= 4 is 17.4 Å². The van der Waals surface area contributed by atoms with Crippen LogP contribution in [0.15, 0.2) is 36.7 Å². The van der Waals surface area contributed by atoms with Gasteiger partial charge < -0.3 is 15.7 Å². The number of benzene rings is 1. The first-order valence-corrected chi connectivity index (χ1v) is 8.34. The first-order valence-electron chi connectivity index (χ1n) is 8.34. The monoisotopic (exact) mass is 326 g/mol. The Kier molecular flexibility index (Phi) is 5.38. The van der Waals surface area contributed by atoms with Crippen LogP contribution in [0.25, 0.3) is 0 Å². The van der Waals surface area contributed by atoms with Gasteiger partial charge in [0.15, 0.2) is 0 Å². The van der Waals surface area contributed by atoms with Gasteiger partial charge in [-0.2, -0.15) is 0 Å². The fraction of sp³-hybridized carbons (Fsp3) is 0.389. The molecular weight excluding hydrogens is 304 g/mol. The van der Waals surface area contributed by atoms with Crippen LogP contribution in [0.2, 0.25) is 0 Å². The van der Waals surface area contributed by atoms with Gasteiger partial charge in [0.2, 0.25) is 0 Å². The molecule has 1 aromatic heterocycles. The second-order valence-corrected chi connectivity index (χ2v) is 6.08. The molecule has 0 unspecified atom stereocenters. The molecule has 6 nitrogen and oxygen atoms in total. The zero-order chi connectivity index (χ0) is 16.8. The maximum absolute atomic E-state index is 12.3. The molecule has 3 N–H and O–H groups in total. The quantitative estimate of drug-likeness (QED) is 0.786. The Morgan fingerprint density at radius 3 is 2.58 bits per heavy atom. The van der Waals surface area contributed by atoms with E-state index in [9.17, 15) is 4.79 Å². The van der Waals surface area contributed by atoms with Gasteiger partial charge in [0.05, 0.1) is 6.61 Å². The number of hydrogen-bond acceptors (Lipinski definition) is 5. The average Bonchev–Trinajstić information content (AvgIpc) is 2.63. The number of rotatable bonds is 5. The highest BCUT2D eigenvalue weighted by molar-refractivity contribution is 6.03. The molecule has 0 spiro atoms. The van der Waals surface area contributed by atoms with Gasteiger partial charge in [-0.1, -0.05) is 31.4 Å². The summed E-state index contributed by atoms with van der Waals surface area (Å²) in [7, 11) is 0. The van der Waals surface area contributed by atoms with Crippen LogP contribution >= 0.6 is 0 Å². The molecule has 1 aliphatic rings. The van der Waals surface area contributed by atoms with Crippen LogP contribution in [0.3, 0.4) is 0 Å². The molecule has 1 amide bonds. The number of amides is 1. The molecule has 1 aliphatic carbocycles. The molecule has 0 radical (unpaired) electrons. The van der Waals surface area contributed by atoms with Crippen molar-refractivity contribution in [2.75, 3.05) is 10.6 Å². The van der Waals surface area contributed by atoms with Gasteiger partial charge in [0, 0.05) is 17.8 Å². The molecule has 0 aliphatic heterocycles. The number of nitrogens with zero attached hydrogens (tertiary/aromatic N) is 2. The Morgan fingerprint density at radius 2 is 1.88 bits per heavy atom. The summed E-state index contributed by atoms with van der Waals surface area (Å²) in [6, 6.07) is 9.16. The number of carbonyl (C=O) groups is 1. The largest absolute Gasteiger partial charge is 0.392 e. The van der Waals surface area contributed by atoms with Gasteiger partial charge in [-0.05, 0) is 30.5 Å². The van der Waals surface area contributed by atoms with E-state index < -0.39 is 0 Å². The highest BCUT2D eigenvalue weighted by Gasteiger charge is 2.15. The zero-order valence-electron chi connectivity index (χ0n) is 13.5. The van der Waals surface area contributed by atoms with E-state index in [4.69, 9.17) is 5.11 Å². The van der Waals surface area contributed by atoms with Gasteiger partial charge >= 0.3 is 0 Å². The van der Waals surface area contributed by atoms with Crippen molar-refractivity contribution < 1.29 is 9.90 Å². The number of aliphatic hydroxyl groups excluding tert-OH is 1. The Labute approximate surface area is 141 Å². The van der Waals surface area contributed by atoms with E-state index in [0.29, 0.717) is 23.2 Å². The third-order valence-corrected chi connectivity index (χ3v) is 4.25. The summed E-state index contributed by atoms with van der Waals surface area (Å²) in [6.07, 6.45) is 7.46. The number of anilines is 2. The Morgan fingerprint density at radius 1 is 1.12 bits per heavy atom. The first kappa shape index (κ1) is 16.4. The minimum Gasteiger partial charge on any atom is -0.392 e. The van der Waals surface area contributed by atoms with Crippen molar-refractivity contribution in [2.24, 2.45) is 0 Å². The van der Waals surface area contributed by atoms with Crippen LogP contribution in [0.4, 0.5) is 11.5 Å². The fourth-order valence-corrected chi connectivity index (χ4v) is 2.91. The van der Waals surface area contributed by atoms with Crippen LogP contribution < -0.4 is 10.6 Å². The number of nitrogens with one attached hydrogen (secondary N) is 2. The predicted octanol–water partition coefficient (Wildman–Crippen LogP) is 2.97. The van der Waals surface area contributed by atoms with Crippen molar-refractivity contribution in [3.05, 3.63) is 47.9 Å². The highest BCUT2D eigenvalue weighted by Crippen LogP contribution is 2.21. The van der Waals surface area contributed by atoms with Gasteiger partial charge in [0.25, 0.3) is 5.91 Å². The fourth-order valence-electron chi connectivity index (χ4n) is 2.91. The van der Waals surface area contributed by atoms with Gasteiger partial charge in [-0.25, -0.2) is 9.97 Å². The molecule has 126 valence electrons. The molecule has 24 heavy (non-hydrogen) atoms. The van der Waals surface area contributed by atoms with Gasteiger partial charge in [-0.3, -0.25) is 4.79 Å². The summed E-state index contributed by atoms with van der Waals surface area (Å²) >= 11 is 0. The maximum Gasteiger partial charge on any atom is 0.274 e. The summed E-state index contributed by atoms with van der Waals surface area (Å²) in [5, 5.41) is 15.2. The Hall–Kier alpha value is -2.47. The van der Waals surface area contributed by atoms with Crippen LogP contribution in [0.1, 0.15) is 48.2 Å². The van der Waals surface area contributed by atoms with Crippen LogP contribution in [0.5, 0.6) is 0 Å². The van der Waals surface area contributed by atoms with E-state index in [1.165, 1.54) is 25.6 Å². The van der Waals surface area contributed by atoms with Crippen molar-refractivity contribution in [3.63, 3.8) is 0 Å². The van der Waals surface area contributed by atoms with E-state index in [-0.39, 0.29) is 12.5 Å². The molecule has 3 rings (SSSR count). The lowest BCUT2D eigenvalue weighted by molar-refractivity contribution is 0.102. The van der Waals surface area contributed by atoms with E-state index in [2.05, 4.69) is 20.6 Å². The number of carbonyl (C=O) groups excluding carboxylic acids is 1. The van der Waals surface area contributed by atoms with Crippen molar-refractivity contribution in [3.8, 4) is 0 Å².